The number of carbonyl (C=O) groups is 3. The van der Waals surface area contributed by atoms with Crippen LogP contribution in [0.5, 0.6) is 0 Å². The van der Waals surface area contributed by atoms with Crippen molar-refractivity contribution in [2.75, 3.05) is 20.3 Å². The molecule has 0 aliphatic carbocycles. The topological polar surface area (TPSA) is 105 Å². The monoisotopic (exact) mass is 232 g/mol. The lowest BCUT2D eigenvalue weighted by Gasteiger charge is -2.13. The molecule has 0 aromatic carbocycles. The average molecular weight is 232 g/mol. The van der Waals surface area contributed by atoms with Crippen molar-refractivity contribution in [3.8, 4) is 0 Å². The number of methoxy groups -OCH3 is 1. The van der Waals surface area contributed by atoms with Crippen LogP contribution in [-0.2, 0) is 14.3 Å². The van der Waals surface area contributed by atoms with E-state index in [-0.39, 0.29) is 18.7 Å². The van der Waals surface area contributed by atoms with E-state index in [1.165, 1.54) is 14.0 Å². The zero-order valence-electron chi connectivity index (χ0n) is 9.28. The first kappa shape index (κ1) is 14.4. The Morgan fingerprint density at radius 1 is 1.38 bits per heavy atom. The number of ether oxygens (including phenoxy) is 1. The van der Waals surface area contributed by atoms with E-state index in [2.05, 4.69) is 10.6 Å². The average Bonchev–Trinajstić information content (AvgIpc) is 2.16. The second-order valence-electron chi connectivity index (χ2n) is 3.19. The van der Waals surface area contributed by atoms with Crippen molar-refractivity contribution in [1.82, 2.24) is 10.6 Å². The first-order valence-corrected chi connectivity index (χ1v) is 4.73. The highest BCUT2D eigenvalue weighted by Crippen LogP contribution is 1.93. The molecule has 0 aliphatic heterocycles. The first-order valence-electron chi connectivity index (χ1n) is 4.73. The van der Waals surface area contributed by atoms with Gasteiger partial charge in [-0.1, -0.05) is 0 Å². The third kappa shape index (κ3) is 6.77. The highest BCUT2D eigenvalue weighted by molar-refractivity contribution is 5.88. The number of hydrogen-bond acceptors (Lipinski definition) is 4. The molecular formula is C9H16N2O5. The molecule has 16 heavy (non-hydrogen) atoms. The zero-order valence-corrected chi connectivity index (χ0v) is 9.28. The van der Waals surface area contributed by atoms with Crippen LogP contribution in [0.15, 0.2) is 0 Å². The summed E-state index contributed by atoms with van der Waals surface area (Å²) in [5, 5.41) is 13.3. The number of carboxylic acids is 1. The number of carboxylic acid groups (broad SMARTS) is 1. The van der Waals surface area contributed by atoms with Crippen LogP contribution < -0.4 is 10.6 Å². The van der Waals surface area contributed by atoms with E-state index in [9.17, 15) is 14.4 Å². The molecule has 1 unspecified atom stereocenters. The third-order valence-corrected chi connectivity index (χ3v) is 1.69. The third-order valence-electron chi connectivity index (χ3n) is 1.69. The van der Waals surface area contributed by atoms with Crippen molar-refractivity contribution in [3.05, 3.63) is 0 Å². The Hall–Kier alpha value is -1.63. The Labute approximate surface area is 93.2 Å². The number of Topliss-reactive ketones (excluding diaryl/α,β-unsaturated/α-hetero) is 1. The van der Waals surface area contributed by atoms with Gasteiger partial charge in [-0.3, -0.25) is 4.79 Å². The van der Waals surface area contributed by atoms with E-state index in [4.69, 9.17) is 9.84 Å². The maximum absolute atomic E-state index is 11.2. The molecular weight excluding hydrogens is 216 g/mol. The number of nitrogens with one attached hydrogen (secondary N) is 2. The highest BCUT2D eigenvalue weighted by atomic mass is 16.5. The van der Waals surface area contributed by atoms with Gasteiger partial charge in [0.25, 0.3) is 0 Å². The summed E-state index contributed by atoms with van der Waals surface area (Å²) < 4.78 is 4.70. The van der Waals surface area contributed by atoms with E-state index in [1.54, 1.807) is 0 Å². The first-order chi connectivity index (χ1) is 7.47. The van der Waals surface area contributed by atoms with Crippen LogP contribution in [0.4, 0.5) is 4.79 Å². The molecule has 0 bridgehead atoms. The second kappa shape index (κ2) is 7.63. The summed E-state index contributed by atoms with van der Waals surface area (Å²) in [7, 11) is 1.48. The second-order valence-corrected chi connectivity index (χ2v) is 3.19. The maximum Gasteiger partial charge on any atom is 0.326 e. The van der Waals surface area contributed by atoms with Gasteiger partial charge in [0.2, 0.25) is 0 Å². The molecule has 0 aliphatic rings. The van der Waals surface area contributed by atoms with Crippen molar-refractivity contribution in [1.29, 1.82) is 0 Å². The fraction of sp³-hybridized carbons (Fsp3) is 0.667. The van der Waals surface area contributed by atoms with E-state index in [0.29, 0.717) is 6.61 Å². The minimum absolute atomic E-state index is 0.229. The van der Waals surface area contributed by atoms with Crippen molar-refractivity contribution in [3.63, 3.8) is 0 Å². The van der Waals surface area contributed by atoms with E-state index in [0.717, 1.165) is 0 Å². The van der Waals surface area contributed by atoms with E-state index >= 15 is 0 Å². The van der Waals surface area contributed by atoms with Crippen molar-refractivity contribution < 1.29 is 24.2 Å². The molecule has 0 fully saturated rings. The van der Waals surface area contributed by atoms with Crippen molar-refractivity contribution in [2.24, 2.45) is 0 Å². The van der Waals surface area contributed by atoms with Gasteiger partial charge in [0.1, 0.15) is 11.8 Å². The van der Waals surface area contributed by atoms with E-state index in [1.807, 2.05) is 0 Å². The number of hydrogen-bond donors (Lipinski definition) is 3. The molecule has 3 N–H and O–H groups in total. The summed E-state index contributed by atoms with van der Waals surface area (Å²) in [6, 6.07) is -1.83. The molecule has 92 valence electrons. The Morgan fingerprint density at radius 2 is 2.00 bits per heavy atom. The Morgan fingerprint density at radius 3 is 2.44 bits per heavy atom. The van der Waals surface area contributed by atoms with Crippen LogP contribution in [0.3, 0.4) is 0 Å². The number of ketones is 1. The summed E-state index contributed by atoms with van der Waals surface area (Å²) in [5.41, 5.74) is 0. The fourth-order valence-corrected chi connectivity index (χ4v) is 0.963. The minimum atomic E-state index is -1.24. The minimum Gasteiger partial charge on any atom is -0.480 e. The van der Waals surface area contributed by atoms with Crippen molar-refractivity contribution in [2.45, 2.75) is 19.4 Å². The molecule has 0 radical (unpaired) electrons. The standard InChI is InChI=1S/C9H16N2O5/c1-6(12)5-7(8(13)14)11-9(15)10-3-4-16-2/h7H,3-5H2,1-2H3,(H,13,14)(H2,10,11,15). The molecule has 0 aromatic heterocycles. The van der Waals surface area contributed by atoms with Gasteiger partial charge in [0.15, 0.2) is 0 Å². The maximum atomic E-state index is 11.2. The number of rotatable bonds is 7. The SMILES string of the molecule is COCCNC(=O)NC(CC(C)=O)C(=O)O. The lowest BCUT2D eigenvalue weighted by atomic mass is 10.1. The molecule has 0 heterocycles. The molecule has 1 atom stereocenters. The Bertz CT molecular complexity index is 267. The molecule has 0 saturated heterocycles. The van der Waals surface area contributed by atoms with Gasteiger partial charge < -0.3 is 20.5 Å². The molecule has 2 amide bonds. The summed E-state index contributed by atoms with van der Waals surface area (Å²) in [4.78, 5) is 32.6. The van der Waals surface area contributed by atoms with Crippen LogP contribution in [-0.4, -0.2) is 49.2 Å². The van der Waals surface area contributed by atoms with Crippen LogP contribution in [0.2, 0.25) is 0 Å². The van der Waals surface area contributed by atoms with Gasteiger partial charge in [0, 0.05) is 20.1 Å². The normalized spacial score (nSPS) is 11.6. The Kier molecular flexibility index (Phi) is 6.86. The predicted molar refractivity (Wildman–Crippen MR) is 55.1 cm³/mol. The van der Waals surface area contributed by atoms with Crippen LogP contribution in [0, 0.1) is 0 Å². The molecule has 0 saturated carbocycles. The number of urea groups is 1. The largest absolute Gasteiger partial charge is 0.480 e. The van der Waals surface area contributed by atoms with Gasteiger partial charge in [-0.15, -0.1) is 0 Å². The van der Waals surface area contributed by atoms with Gasteiger partial charge in [-0.2, -0.15) is 0 Å². The van der Waals surface area contributed by atoms with Gasteiger partial charge in [-0.25, -0.2) is 9.59 Å². The number of aliphatic carboxylic acids is 1. The highest BCUT2D eigenvalue weighted by Gasteiger charge is 2.21. The lowest BCUT2D eigenvalue weighted by molar-refractivity contribution is -0.140. The number of amides is 2. The lowest BCUT2D eigenvalue weighted by Crippen LogP contribution is -2.47. The fourth-order valence-electron chi connectivity index (χ4n) is 0.963. The quantitative estimate of drug-likeness (QED) is 0.507. The summed E-state index contributed by atoms with van der Waals surface area (Å²) in [5.74, 6) is -1.54. The van der Waals surface area contributed by atoms with Crippen LogP contribution in [0.1, 0.15) is 13.3 Å². The van der Waals surface area contributed by atoms with Crippen LogP contribution in [0.25, 0.3) is 0 Å². The van der Waals surface area contributed by atoms with Crippen molar-refractivity contribution >= 4 is 17.8 Å². The zero-order chi connectivity index (χ0) is 12.6. The predicted octanol–water partition coefficient (Wildman–Crippen LogP) is -0.636. The molecule has 7 heteroatoms. The smallest absolute Gasteiger partial charge is 0.326 e. The summed E-state index contributed by atoms with van der Waals surface area (Å²) >= 11 is 0. The Balaban J connectivity index is 4.03. The number of carbonyl (C=O) groups excluding carboxylic acids is 2. The molecule has 0 rings (SSSR count). The van der Waals surface area contributed by atoms with Gasteiger partial charge in [-0.05, 0) is 6.92 Å². The summed E-state index contributed by atoms with van der Waals surface area (Å²) in [6.45, 7) is 1.87. The van der Waals surface area contributed by atoms with E-state index < -0.39 is 18.0 Å². The molecule has 7 nitrogen and oxygen atoms in total. The summed E-state index contributed by atoms with van der Waals surface area (Å²) in [6.07, 6.45) is -0.229. The van der Waals surface area contributed by atoms with Gasteiger partial charge >= 0.3 is 12.0 Å². The van der Waals surface area contributed by atoms with Gasteiger partial charge in [0.05, 0.1) is 6.61 Å². The molecule has 0 aromatic rings. The molecule has 0 spiro atoms. The van der Waals surface area contributed by atoms with Crippen LogP contribution >= 0.6 is 0 Å².